The van der Waals surface area contributed by atoms with E-state index in [0.29, 0.717) is 5.76 Å². The summed E-state index contributed by atoms with van der Waals surface area (Å²) >= 11 is 0. The molecule has 1 N–H and O–H groups in total. The van der Waals surface area contributed by atoms with Gasteiger partial charge in [-0.2, -0.15) is 18.3 Å². The summed E-state index contributed by atoms with van der Waals surface area (Å²) in [7, 11) is 0. The molecule has 0 fully saturated rings. The van der Waals surface area contributed by atoms with Gasteiger partial charge in [-0.3, -0.25) is 4.79 Å². The number of aryl methyl sites for hydroxylation is 1. The van der Waals surface area contributed by atoms with Crippen LogP contribution in [0, 0.1) is 6.92 Å². The Bertz CT molecular complexity index is 1040. The van der Waals surface area contributed by atoms with Crippen molar-refractivity contribution < 1.29 is 32.0 Å². The van der Waals surface area contributed by atoms with E-state index in [1.54, 1.807) is 6.92 Å². The first-order valence-electron chi connectivity index (χ1n) is 8.32. The van der Waals surface area contributed by atoms with Crippen LogP contribution in [0.3, 0.4) is 0 Å². The van der Waals surface area contributed by atoms with E-state index in [-0.39, 0.29) is 17.2 Å². The molecule has 0 saturated heterocycles. The van der Waals surface area contributed by atoms with Crippen molar-refractivity contribution in [3.8, 4) is 5.69 Å². The first-order chi connectivity index (χ1) is 13.6. The number of benzene rings is 1. The Morgan fingerprint density at radius 2 is 2.00 bits per heavy atom. The Balaban J connectivity index is 1.67. The van der Waals surface area contributed by atoms with Crippen LogP contribution in [0.25, 0.3) is 5.69 Å². The highest BCUT2D eigenvalue weighted by Crippen LogP contribution is 2.30. The minimum absolute atomic E-state index is 0.117. The molecule has 8 nitrogen and oxygen atoms in total. The number of hydrogen-bond donors (Lipinski definition) is 1. The third-order valence-electron chi connectivity index (χ3n) is 3.77. The van der Waals surface area contributed by atoms with Gasteiger partial charge in [0.15, 0.2) is 17.6 Å². The third kappa shape index (κ3) is 4.81. The van der Waals surface area contributed by atoms with Crippen LogP contribution in [-0.2, 0) is 15.7 Å². The summed E-state index contributed by atoms with van der Waals surface area (Å²) in [4.78, 5) is 24.2. The molecule has 0 bridgehead atoms. The molecule has 152 valence electrons. The van der Waals surface area contributed by atoms with E-state index in [1.807, 2.05) is 0 Å². The Hall–Kier alpha value is -3.63. The van der Waals surface area contributed by atoms with Crippen molar-refractivity contribution >= 4 is 17.7 Å². The van der Waals surface area contributed by atoms with Crippen molar-refractivity contribution in [3.05, 3.63) is 59.6 Å². The number of aromatic nitrogens is 3. The molecular formula is C18H15F3N4O4. The minimum Gasteiger partial charge on any atom is -0.448 e. The fourth-order valence-corrected chi connectivity index (χ4v) is 2.33. The van der Waals surface area contributed by atoms with Crippen LogP contribution in [0.1, 0.15) is 28.7 Å². The Labute approximate surface area is 162 Å². The summed E-state index contributed by atoms with van der Waals surface area (Å²) in [6, 6.07) is 7.23. The van der Waals surface area contributed by atoms with E-state index in [0.717, 1.165) is 16.8 Å². The molecule has 2 aromatic heterocycles. The number of anilines is 1. The van der Waals surface area contributed by atoms with Crippen LogP contribution in [0.4, 0.5) is 19.0 Å². The Morgan fingerprint density at radius 3 is 2.66 bits per heavy atom. The van der Waals surface area contributed by atoms with Crippen LogP contribution >= 0.6 is 0 Å². The van der Waals surface area contributed by atoms with Gasteiger partial charge >= 0.3 is 12.1 Å². The number of alkyl halides is 3. The van der Waals surface area contributed by atoms with Crippen LogP contribution < -0.4 is 5.32 Å². The average Bonchev–Trinajstić information content (AvgIpc) is 3.30. The largest absolute Gasteiger partial charge is 0.448 e. The van der Waals surface area contributed by atoms with E-state index < -0.39 is 29.7 Å². The molecule has 29 heavy (non-hydrogen) atoms. The lowest BCUT2D eigenvalue weighted by Crippen LogP contribution is -2.30. The van der Waals surface area contributed by atoms with Gasteiger partial charge in [0.05, 0.1) is 11.3 Å². The highest BCUT2D eigenvalue weighted by atomic mass is 19.4. The predicted octanol–water partition coefficient (Wildman–Crippen LogP) is 3.37. The monoisotopic (exact) mass is 408 g/mol. The zero-order chi connectivity index (χ0) is 21.2. The van der Waals surface area contributed by atoms with Crippen LogP contribution in [0.5, 0.6) is 0 Å². The van der Waals surface area contributed by atoms with E-state index in [9.17, 15) is 22.8 Å². The SMILES string of the molecule is Cc1cc(NC(=O)C(C)OC(=O)c2ccn(-c3cccc(C(F)(F)F)c3)n2)no1. The third-order valence-corrected chi connectivity index (χ3v) is 3.77. The van der Waals surface area contributed by atoms with Crippen molar-refractivity contribution in [1.82, 2.24) is 14.9 Å². The molecule has 0 spiro atoms. The van der Waals surface area contributed by atoms with E-state index in [2.05, 4.69) is 15.6 Å². The Kier molecular flexibility index (Phi) is 5.39. The maximum absolute atomic E-state index is 12.8. The van der Waals surface area contributed by atoms with Crippen LogP contribution in [0.15, 0.2) is 47.1 Å². The molecule has 1 amide bonds. The number of hydrogen-bond acceptors (Lipinski definition) is 6. The number of amides is 1. The average molecular weight is 408 g/mol. The number of carbonyl (C=O) groups is 2. The van der Waals surface area contributed by atoms with Gasteiger partial charge in [-0.05, 0) is 38.1 Å². The number of ether oxygens (including phenoxy) is 1. The van der Waals surface area contributed by atoms with Gasteiger partial charge in [0.25, 0.3) is 5.91 Å². The smallest absolute Gasteiger partial charge is 0.416 e. The molecule has 3 rings (SSSR count). The summed E-state index contributed by atoms with van der Waals surface area (Å²) < 4.78 is 49.5. The summed E-state index contributed by atoms with van der Waals surface area (Å²) in [5.41, 5.74) is -0.895. The molecule has 0 aliphatic carbocycles. The second-order valence-corrected chi connectivity index (χ2v) is 6.05. The van der Waals surface area contributed by atoms with Gasteiger partial charge in [0, 0.05) is 12.3 Å². The number of rotatable bonds is 5. The van der Waals surface area contributed by atoms with E-state index in [4.69, 9.17) is 9.26 Å². The van der Waals surface area contributed by atoms with Gasteiger partial charge in [0.2, 0.25) is 0 Å². The molecule has 2 heterocycles. The molecule has 1 aromatic carbocycles. The second kappa shape index (κ2) is 7.78. The van der Waals surface area contributed by atoms with Crippen molar-refractivity contribution in [2.75, 3.05) is 5.32 Å². The maximum atomic E-state index is 12.8. The lowest BCUT2D eigenvalue weighted by molar-refractivity contribution is -0.137. The molecule has 1 unspecified atom stereocenters. The fourth-order valence-electron chi connectivity index (χ4n) is 2.33. The van der Waals surface area contributed by atoms with Gasteiger partial charge < -0.3 is 14.6 Å². The summed E-state index contributed by atoms with van der Waals surface area (Å²) in [6.07, 6.45) is -4.36. The number of carbonyl (C=O) groups excluding carboxylic acids is 2. The lowest BCUT2D eigenvalue weighted by atomic mass is 10.2. The highest BCUT2D eigenvalue weighted by Gasteiger charge is 2.30. The van der Waals surface area contributed by atoms with Crippen molar-refractivity contribution in [1.29, 1.82) is 0 Å². The Morgan fingerprint density at radius 1 is 1.24 bits per heavy atom. The molecule has 11 heteroatoms. The molecule has 0 saturated carbocycles. The van der Waals surface area contributed by atoms with Crippen LogP contribution in [-0.4, -0.2) is 32.9 Å². The van der Waals surface area contributed by atoms with Crippen molar-refractivity contribution in [3.63, 3.8) is 0 Å². The van der Waals surface area contributed by atoms with Crippen molar-refractivity contribution in [2.45, 2.75) is 26.1 Å². The summed E-state index contributed by atoms with van der Waals surface area (Å²) in [5, 5.41) is 9.93. The normalized spacial score (nSPS) is 12.4. The zero-order valence-electron chi connectivity index (χ0n) is 15.2. The zero-order valence-corrected chi connectivity index (χ0v) is 15.2. The summed E-state index contributed by atoms with van der Waals surface area (Å²) in [6.45, 7) is 3.00. The number of esters is 1. The van der Waals surface area contributed by atoms with Gasteiger partial charge in [-0.1, -0.05) is 11.2 Å². The lowest BCUT2D eigenvalue weighted by Gasteiger charge is -2.11. The van der Waals surface area contributed by atoms with E-state index in [1.165, 1.54) is 37.4 Å². The molecular weight excluding hydrogens is 393 g/mol. The molecule has 1 atom stereocenters. The second-order valence-electron chi connectivity index (χ2n) is 6.05. The molecule has 0 aliphatic rings. The number of nitrogens with zero attached hydrogens (tertiary/aromatic N) is 3. The molecule has 3 aromatic rings. The molecule has 0 aliphatic heterocycles. The first-order valence-corrected chi connectivity index (χ1v) is 8.32. The highest BCUT2D eigenvalue weighted by molar-refractivity contribution is 5.96. The maximum Gasteiger partial charge on any atom is 0.416 e. The van der Waals surface area contributed by atoms with Gasteiger partial charge in [-0.15, -0.1) is 0 Å². The van der Waals surface area contributed by atoms with Crippen molar-refractivity contribution in [2.24, 2.45) is 0 Å². The topological polar surface area (TPSA) is 99.2 Å². The number of nitrogens with one attached hydrogen (secondary N) is 1. The van der Waals surface area contributed by atoms with Gasteiger partial charge in [0.1, 0.15) is 5.76 Å². The van der Waals surface area contributed by atoms with E-state index >= 15 is 0 Å². The standard InChI is InChI=1S/C18H15F3N4O4/c1-10-8-15(24-29-10)22-16(26)11(2)28-17(27)14-6-7-25(23-14)13-5-3-4-12(9-13)18(19,20)21/h3-9,11H,1-2H3,(H,22,24,26). The predicted molar refractivity (Wildman–Crippen MR) is 93.3 cm³/mol. The van der Waals surface area contributed by atoms with Gasteiger partial charge in [-0.25, -0.2) is 9.48 Å². The quantitative estimate of drug-likeness (QED) is 0.650. The first kappa shape index (κ1) is 20.1. The minimum atomic E-state index is -4.50. The summed E-state index contributed by atoms with van der Waals surface area (Å²) in [5.74, 6) is -0.882. The fraction of sp³-hybridized carbons (Fsp3) is 0.222. The van der Waals surface area contributed by atoms with Crippen LogP contribution in [0.2, 0.25) is 0 Å². The molecule has 0 radical (unpaired) electrons. The number of halogens is 3.